The van der Waals surface area contributed by atoms with Crippen molar-refractivity contribution in [2.45, 2.75) is 51.1 Å². The summed E-state index contributed by atoms with van der Waals surface area (Å²) < 4.78 is 1.43. The second-order valence-electron chi connectivity index (χ2n) is 6.95. The minimum absolute atomic E-state index is 0. The third-order valence-electron chi connectivity index (χ3n) is 5.46. The number of aromatic nitrogens is 2. The average molecular weight is 372 g/mol. The third kappa shape index (κ3) is 4.49. The maximum atomic E-state index is 12.6. The number of hydrogen-bond donors (Lipinski definition) is 1. The van der Waals surface area contributed by atoms with Crippen LogP contribution in [0.15, 0.2) is 12.4 Å². The van der Waals surface area contributed by atoms with E-state index in [9.17, 15) is 14.9 Å². The molecule has 1 aromatic heterocycles. The van der Waals surface area contributed by atoms with Crippen LogP contribution in [0.4, 0.5) is 5.95 Å². The molecule has 8 nitrogen and oxygen atoms in total. The van der Waals surface area contributed by atoms with Crippen molar-refractivity contribution >= 4 is 24.3 Å². The molecular weight excluding hydrogens is 346 g/mol. The van der Waals surface area contributed by atoms with Crippen LogP contribution < -0.4 is 5.73 Å². The SMILES string of the molecule is Cl.NC(CCn1ccnc1[N+](=O)[O-])C(=O)N1CC[C@@H]2CCCC[C@@H]2C1. The van der Waals surface area contributed by atoms with Crippen molar-refractivity contribution < 1.29 is 9.72 Å². The van der Waals surface area contributed by atoms with Crippen molar-refractivity contribution in [3.8, 4) is 0 Å². The minimum atomic E-state index is -0.618. The second-order valence-corrected chi connectivity index (χ2v) is 6.95. The van der Waals surface area contributed by atoms with Gasteiger partial charge in [-0.25, -0.2) is 4.57 Å². The van der Waals surface area contributed by atoms with Gasteiger partial charge in [-0.2, -0.15) is 0 Å². The summed E-state index contributed by atoms with van der Waals surface area (Å²) in [5, 5.41) is 10.9. The summed E-state index contributed by atoms with van der Waals surface area (Å²) in [5.74, 6) is 1.16. The molecule has 3 atom stereocenters. The maximum absolute atomic E-state index is 12.6. The number of nitrogens with zero attached hydrogens (tertiary/aromatic N) is 4. The Bertz CT molecular complexity index is 608. The zero-order valence-corrected chi connectivity index (χ0v) is 15.1. The highest BCUT2D eigenvalue weighted by Gasteiger charge is 2.34. The lowest BCUT2D eigenvalue weighted by molar-refractivity contribution is -0.396. The fourth-order valence-corrected chi connectivity index (χ4v) is 4.09. The first-order valence-electron chi connectivity index (χ1n) is 8.76. The van der Waals surface area contributed by atoms with E-state index in [4.69, 9.17) is 5.73 Å². The van der Waals surface area contributed by atoms with Gasteiger partial charge < -0.3 is 20.7 Å². The number of amides is 1. The first-order chi connectivity index (χ1) is 11.6. The van der Waals surface area contributed by atoms with Crippen LogP contribution >= 0.6 is 12.4 Å². The molecule has 2 N–H and O–H groups in total. The summed E-state index contributed by atoms with van der Waals surface area (Å²) >= 11 is 0. The number of carbonyl (C=O) groups excluding carboxylic acids is 1. The molecule has 1 amide bonds. The standard InChI is InChI=1S/C16H25N5O3.ClH/c17-14(6-9-19-10-7-18-16(19)21(23)24)15(22)20-8-5-12-3-1-2-4-13(12)11-20;/h7,10,12-14H,1-6,8-9,11,17H2;1H/t12-,13+,14?;/m0./s1. The lowest BCUT2D eigenvalue weighted by Crippen LogP contribution is -2.50. The number of hydrogen-bond acceptors (Lipinski definition) is 5. The van der Waals surface area contributed by atoms with Gasteiger partial charge in [0, 0.05) is 19.5 Å². The number of nitrogens with two attached hydrogens (primary N) is 1. The van der Waals surface area contributed by atoms with Crippen LogP contribution in [-0.4, -0.2) is 44.4 Å². The predicted octanol–water partition coefficient (Wildman–Crippen LogP) is 1.97. The van der Waals surface area contributed by atoms with Gasteiger partial charge in [-0.15, -0.1) is 12.4 Å². The summed E-state index contributed by atoms with van der Waals surface area (Å²) in [4.78, 5) is 28.5. The Morgan fingerprint density at radius 3 is 2.80 bits per heavy atom. The Balaban J connectivity index is 0.00000225. The first kappa shape index (κ1) is 19.7. The van der Waals surface area contributed by atoms with Crippen molar-refractivity contribution in [3.05, 3.63) is 22.5 Å². The van der Waals surface area contributed by atoms with E-state index in [0.29, 0.717) is 18.9 Å². The van der Waals surface area contributed by atoms with Crippen LogP contribution in [0, 0.1) is 22.0 Å². The van der Waals surface area contributed by atoms with Crippen LogP contribution in [0.1, 0.15) is 38.5 Å². The average Bonchev–Trinajstić information content (AvgIpc) is 3.07. The molecule has 1 aliphatic heterocycles. The van der Waals surface area contributed by atoms with Gasteiger partial charge in [-0.1, -0.05) is 24.2 Å². The maximum Gasteiger partial charge on any atom is 0.434 e. The van der Waals surface area contributed by atoms with E-state index in [1.54, 1.807) is 6.20 Å². The summed E-state index contributed by atoms with van der Waals surface area (Å²) in [7, 11) is 0. The molecule has 0 radical (unpaired) electrons. The van der Waals surface area contributed by atoms with Crippen molar-refractivity contribution in [3.63, 3.8) is 0 Å². The van der Waals surface area contributed by atoms with Crippen molar-refractivity contribution in [2.75, 3.05) is 13.1 Å². The molecule has 2 aliphatic rings. The Hall–Kier alpha value is -1.67. The molecule has 2 heterocycles. The smallest absolute Gasteiger partial charge is 0.390 e. The molecule has 25 heavy (non-hydrogen) atoms. The quantitative estimate of drug-likeness (QED) is 0.628. The number of imidazole rings is 1. The molecule has 1 aliphatic carbocycles. The topological polar surface area (TPSA) is 107 Å². The Morgan fingerprint density at radius 1 is 1.36 bits per heavy atom. The molecule has 1 saturated heterocycles. The van der Waals surface area contributed by atoms with E-state index in [1.165, 1.54) is 36.4 Å². The van der Waals surface area contributed by atoms with Gasteiger partial charge in [0.2, 0.25) is 5.91 Å². The summed E-state index contributed by atoms with van der Waals surface area (Å²) in [6.07, 6.45) is 9.48. The van der Waals surface area contributed by atoms with E-state index in [2.05, 4.69) is 4.98 Å². The number of carbonyl (C=O) groups is 1. The molecule has 1 unspecified atom stereocenters. The van der Waals surface area contributed by atoms with Gasteiger partial charge in [-0.05, 0) is 29.6 Å². The highest BCUT2D eigenvalue weighted by Crippen LogP contribution is 2.36. The number of nitro groups is 1. The second kappa shape index (κ2) is 8.62. The molecule has 2 fully saturated rings. The fraction of sp³-hybridized carbons (Fsp3) is 0.750. The van der Waals surface area contributed by atoms with Crippen molar-refractivity contribution in [1.82, 2.24) is 14.5 Å². The van der Waals surface area contributed by atoms with Crippen LogP contribution in [0.3, 0.4) is 0 Å². The molecule has 1 saturated carbocycles. The highest BCUT2D eigenvalue weighted by molar-refractivity contribution is 5.85. The van der Waals surface area contributed by atoms with Gasteiger partial charge >= 0.3 is 5.95 Å². The molecule has 140 valence electrons. The predicted molar refractivity (Wildman–Crippen MR) is 95.4 cm³/mol. The van der Waals surface area contributed by atoms with Crippen LogP contribution in [0.2, 0.25) is 0 Å². The summed E-state index contributed by atoms with van der Waals surface area (Å²) in [5.41, 5.74) is 6.06. The van der Waals surface area contributed by atoms with Crippen LogP contribution in [0.5, 0.6) is 0 Å². The molecular formula is C16H26ClN5O3. The third-order valence-corrected chi connectivity index (χ3v) is 5.46. The highest BCUT2D eigenvalue weighted by atomic mass is 35.5. The van der Waals surface area contributed by atoms with Gasteiger partial charge in [0.25, 0.3) is 0 Å². The van der Waals surface area contributed by atoms with Gasteiger partial charge in [-0.3, -0.25) is 4.79 Å². The molecule has 0 bridgehead atoms. The summed E-state index contributed by atoms with van der Waals surface area (Å²) in [6.45, 7) is 1.93. The molecule has 1 aromatic rings. The molecule has 3 rings (SSSR count). The zero-order valence-electron chi connectivity index (χ0n) is 14.2. The lowest BCUT2D eigenvalue weighted by Gasteiger charge is -2.42. The number of aryl methyl sites for hydroxylation is 1. The fourth-order valence-electron chi connectivity index (χ4n) is 4.09. The normalized spacial score (nSPS) is 24.1. The Morgan fingerprint density at radius 2 is 2.08 bits per heavy atom. The molecule has 0 spiro atoms. The van der Waals surface area contributed by atoms with E-state index >= 15 is 0 Å². The van der Waals surface area contributed by atoms with Crippen LogP contribution in [0.25, 0.3) is 0 Å². The summed E-state index contributed by atoms with van der Waals surface area (Å²) in [6, 6.07) is -0.618. The largest absolute Gasteiger partial charge is 0.434 e. The van der Waals surface area contributed by atoms with Crippen LogP contribution in [-0.2, 0) is 11.3 Å². The van der Waals surface area contributed by atoms with Gasteiger partial charge in [0.05, 0.1) is 12.6 Å². The number of likely N-dealkylation sites (tertiary alicyclic amines) is 1. The first-order valence-corrected chi connectivity index (χ1v) is 8.76. The lowest BCUT2D eigenvalue weighted by atomic mass is 9.75. The molecule has 9 heteroatoms. The zero-order chi connectivity index (χ0) is 17.1. The number of halogens is 1. The van der Waals surface area contributed by atoms with E-state index < -0.39 is 11.0 Å². The van der Waals surface area contributed by atoms with E-state index in [-0.39, 0.29) is 24.3 Å². The number of fused-ring (bicyclic) bond motifs is 1. The molecule has 0 aromatic carbocycles. The van der Waals surface area contributed by atoms with Gasteiger partial charge in [0.15, 0.2) is 0 Å². The minimum Gasteiger partial charge on any atom is -0.390 e. The van der Waals surface area contributed by atoms with Crippen molar-refractivity contribution in [2.24, 2.45) is 17.6 Å². The number of rotatable bonds is 5. The van der Waals surface area contributed by atoms with E-state index in [1.807, 2.05) is 4.90 Å². The monoisotopic (exact) mass is 371 g/mol. The Kier molecular flexibility index (Phi) is 6.78. The number of piperidine rings is 1. The van der Waals surface area contributed by atoms with E-state index in [0.717, 1.165) is 25.4 Å². The van der Waals surface area contributed by atoms with Gasteiger partial charge in [0.1, 0.15) is 12.4 Å². The Labute approximate surface area is 153 Å². The van der Waals surface area contributed by atoms with Crippen molar-refractivity contribution in [1.29, 1.82) is 0 Å².